The maximum absolute atomic E-state index is 9.91. The molecule has 0 aliphatic rings. The highest BCUT2D eigenvalue weighted by Gasteiger charge is 2.27. The van der Waals surface area contributed by atoms with Gasteiger partial charge in [-0.15, -0.1) is 0 Å². The summed E-state index contributed by atoms with van der Waals surface area (Å²) in [6.45, 7) is 6.96. The van der Waals surface area contributed by atoms with Crippen LogP contribution in [0.5, 0.6) is 0 Å². The van der Waals surface area contributed by atoms with Crippen LogP contribution in [0.1, 0.15) is 20.8 Å². The van der Waals surface area contributed by atoms with Gasteiger partial charge in [-0.1, -0.05) is 20.8 Å². The van der Waals surface area contributed by atoms with E-state index in [0.717, 1.165) is 18.1 Å². The molecule has 0 bridgehead atoms. The van der Waals surface area contributed by atoms with Crippen LogP contribution >= 0.6 is 0 Å². The summed E-state index contributed by atoms with van der Waals surface area (Å²) in [4.78, 5) is 9.91. The minimum absolute atomic E-state index is 0.450. The summed E-state index contributed by atoms with van der Waals surface area (Å²) in [7, 11) is -1.46. The molecule has 0 aliphatic carbocycles. The van der Waals surface area contributed by atoms with E-state index < -0.39 is 8.32 Å². The lowest BCUT2D eigenvalue weighted by atomic mass is 10.7. The Kier molecular flexibility index (Phi) is 5.99. The standard InChI is InChI=1S/C9H18O2Si/c1-4-12(5-2,6-3)11-9-7-8-10/h7H,4-6,9H2,1-3H3. The lowest BCUT2D eigenvalue weighted by Crippen LogP contribution is -2.35. The third kappa shape index (κ3) is 3.35. The van der Waals surface area contributed by atoms with E-state index in [2.05, 4.69) is 20.8 Å². The first kappa shape index (κ1) is 11.6. The Hall–Kier alpha value is -0.373. The zero-order valence-corrected chi connectivity index (χ0v) is 9.22. The molecule has 0 aromatic heterocycles. The van der Waals surface area contributed by atoms with Crippen molar-refractivity contribution in [1.82, 2.24) is 0 Å². The fourth-order valence-corrected chi connectivity index (χ4v) is 3.86. The molecule has 12 heavy (non-hydrogen) atoms. The number of hydrogen-bond donors (Lipinski definition) is 0. The first-order valence-corrected chi connectivity index (χ1v) is 7.11. The van der Waals surface area contributed by atoms with Crippen molar-refractivity contribution in [2.75, 3.05) is 6.61 Å². The van der Waals surface area contributed by atoms with Crippen LogP contribution in [-0.4, -0.2) is 20.9 Å². The van der Waals surface area contributed by atoms with Crippen molar-refractivity contribution in [2.24, 2.45) is 0 Å². The van der Waals surface area contributed by atoms with E-state index in [9.17, 15) is 4.79 Å². The molecule has 0 radical (unpaired) electrons. The van der Waals surface area contributed by atoms with Crippen LogP contribution in [0, 0.1) is 0 Å². The number of carbonyl (C=O) groups excluding carboxylic acids is 1. The third-order valence-electron chi connectivity index (χ3n) is 2.49. The van der Waals surface area contributed by atoms with Crippen molar-refractivity contribution in [3.8, 4) is 0 Å². The summed E-state index contributed by atoms with van der Waals surface area (Å²) in [5.74, 6) is 1.73. The van der Waals surface area contributed by atoms with Crippen molar-refractivity contribution in [3.05, 3.63) is 6.08 Å². The SMILES string of the molecule is CC[Si](CC)(CC)OCC=C=O. The molecule has 0 aromatic carbocycles. The average molecular weight is 186 g/mol. The van der Waals surface area contributed by atoms with Crippen molar-refractivity contribution in [1.29, 1.82) is 0 Å². The predicted octanol–water partition coefficient (Wildman–Crippen LogP) is 2.40. The van der Waals surface area contributed by atoms with Gasteiger partial charge in [0.05, 0.1) is 6.61 Å². The van der Waals surface area contributed by atoms with Gasteiger partial charge < -0.3 is 4.43 Å². The van der Waals surface area contributed by atoms with Gasteiger partial charge in [0.25, 0.3) is 0 Å². The smallest absolute Gasteiger partial charge is 0.192 e. The molecule has 0 spiro atoms. The molecular weight excluding hydrogens is 168 g/mol. The van der Waals surface area contributed by atoms with Crippen molar-refractivity contribution >= 4 is 14.3 Å². The van der Waals surface area contributed by atoms with Crippen LogP contribution in [0.2, 0.25) is 18.1 Å². The van der Waals surface area contributed by atoms with Gasteiger partial charge >= 0.3 is 0 Å². The Balaban J connectivity index is 4.00. The van der Waals surface area contributed by atoms with E-state index in [1.165, 1.54) is 6.08 Å². The molecule has 0 unspecified atom stereocenters. The molecule has 2 nitrogen and oxygen atoms in total. The highest BCUT2D eigenvalue weighted by atomic mass is 28.4. The molecule has 0 amide bonds. The van der Waals surface area contributed by atoms with Gasteiger partial charge in [0.2, 0.25) is 0 Å². The van der Waals surface area contributed by atoms with Gasteiger partial charge in [-0.2, -0.15) is 0 Å². The average Bonchev–Trinajstić information content (AvgIpc) is 2.14. The lowest BCUT2D eigenvalue weighted by Gasteiger charge is -2.26. The van der Waals surface area contributed by atoms with E-state index in [-0.39, 0.29) is 0 Å². The lowest BCUT2D eigenvalue weighted by molar-refractivity contribution is 0.343. The van der Waals surface area contributed by atoms with Gasteiger partial charge in [-0.05, 0) is 18.1 Å². The monoisotopic (exact) mass is 186 g/mol. The summed E-state index contributed by atoms with van der Waals surface area (Å²) in [6, 6.07) is 3.39. The van der Waals surface area contributed by atoms with E-state index >= 15 is 0 Å². The second-order valence-electron chi connectivity index (χ2n) is 2.88. The molecule has 0 fully saturated rings. The van der Waals surface area contributed by atoms with Crippen LogP contribution in [0.4, 0.5) is 0 Å². The highest BCUT2D eigenvalue weighted by molar-refractivity contribution is 6.73. The Bertz CT molecular complexity index is 150. The fourth-order valence-electron chi connectivity index (χ4n) is 1.31. The fraction of sp³-hybridized carbons (Fsp3) is 0.778. The summed E-state index contributed by atoms with van der Waals surface area (Å²) < 4.78 is 5.74. The van der Waals surface area contributed by atoms with E-state index in [0.29, 0.717) is 6.61 Å². The molecule has 0 saturated carbocycles. The maximum atomic E-state index is 9.91. The first-order chi connectivity index (χ1) is 5.74. The normalized spacial score (nSPS) is 10.9. The van der Waals surface area contributed by atoms with Gasteiger partial charge in [-0.3, -0.25) is 0 Å². The summed E-state index contributed by atoms with van der Waals surface area (Å²) in [5, 5.41) is 0. The van der Waals surface area contributed by atoms with Crippen LogP contribution in [0.15, 0.2) is 6.08 Å². The predicted molar refractivity (Wildman–Crippen MR) is 53.4 cm³/mol. The molecule has 0 atom stereocenters. The Morgan fingerprint density at radius 2 is 1.75 bits per heavy atom. The second-order valence-corrected chi connectivity index (χ2v) is 7.65. The van der Waals surface area contributed by atoms with Gasteiger partial charge in [0.15, 0.2) is 8.32 Å². The Labute approximate surface area is 75.7 Å². The molecule has 0 aliphatic heterocycles. The summed E-state index contributed by atoms with van der Waals surface area (Å²) >= 11 is 0. The first-order valence-electron chi connectivity index (χ1n) is 4.58. The maximum Gasteiger partial charge on any atom is 0.192 e. The van der Waals surface area contributed by atoms with Crippen LogP contribution in [0.3, 0.4) is 0 Å². The van der Waals surface area contributed by atoms with Crippen LogP contribution in [-0.2, 0) is 9.22 Å². The van der Waals surface area contributed by atoms with E-state index in [1.54, 1.807) is 5.94 Å². The molecule has 70 valence electrons. The molecule has 0 saturated heterocycles. The second kappa shape index (κ2) is 6.18. The molecule has 0 N–H and O–H groups in total. The minimum Gasteiger partial charge on any atom is -0.412 e. The van der Waals surface area contributed by atoms with Crippen molar-refractivity contribution in [3.63, 3.8) is 0 Å². The zero-order chi connectivity index (χ0) is 9.45. The quantitative estimate of drug-likeness (QED) is 0.470. The summed E-state index contributed by atoms with van der Waals surface area (Å²) in [5.41, 5.74) is 0. The van der Waals surface area contributed by atoms with E-state index in [4.69, 9.17) is 4.43 Å². The molecule has 3 heteroatoms. The largest absolute Gasteiger partial charge is 0.412 e. The third-order valence-corrected chi connectivity index (χ3v) is 7.13. The van der Waals surface area contributed by atoms with Gasteiger partial charge in [-0.25, -0.2) is 4.79 Å². The van der Waals surface area contributed by atoms with Crippen molar-refractivity contribution < 1.29 is 9.22 Å². The van der Waals surface area contributed by atoms with Crippen LogP contribution in [0.25, 0.3) is 0 Å². The highest BCUT2D eigenvalue weighted by Crippen LogP contribution is 2.20. The Morgan fingerprint density at radius 3 is 2.08 bits per heavy atom. The van der Waals surface area contributed by atoms with Gasteiger partial charge in [0, 0.05) is 6.08 Å². The topological polar surface area (TPSA) is 26.3 Å². The zero-order valence-electron chi connectivity index (χ0n) is 8.22. The summed E-state index contributed by atoms with van der Waals surface area (Å²) in [6.07, 6.45) is 1.42. The molecule has 0 aromatic rings. The molecule has 0 rings (SSSR count). The van der Waals surface area contributed by atoms with E-state index in [1.807, 2.05) is 0 Å². The van der Waals surface area contributed by atoms with Gasteiger partial charge in [0.1, 0.15) is 5.94 Å². The van der Waals surface area contributed by atoms with Crippen molar-refractivity contribution in [2.45, 2.75) is 38.9 Å². The van der Waals surface area contributed by atoms with Crippen LogP contribution < -0.4 is 0 Å². The minimum atomic E-state index is -1.46. The molecule has 0 heterocycles. The Morgan fingerprint density at radius 1 is 1.25 bits per heavy atom. The number of hydrogen-bond acceptors (Lipinski definition) is 2. The number of rotatable bonds is 6. The molecular formula is C9H18O2Si.